The van der Waals surface area contributed by atoms with E-state index in [1.54, 1.807) is 0 Å². The van der Waals surface area contributed by atoms with Crippen LogP contribution < -0.4 is 11.2 Å². The van der Waals surface area contributed by atoms with Crippen molar-refractivity contribution in [2.75, 3.05) is 0 Å². The number of hydrogen-bond donors (Lipinski definition) is 0. The minimum atomic E-state index is -1.82. The molecule has 0 saturated carbocycles. The molecular formula is C23H18Cl4N4O3. The van der Waals surface area contributed by atoms with Crippen LogP contribution in [0.3, 0.4) is 0 Å². The van der Waals surface area contributed by atoms with E-state index in [4.69, 9.17) is 50.9 Å². The Morgan fingerprint density at radius 2 is 1.65 bits per heavy atom. The Hall–Kier alpha value is -2.58. The van der Waals surface area contributed by atoms with Crippen molar-refractivity contribution in [1.29, 1.82) is 0 Å². The monoisotopic (exact) mass is 538 g/mol. The first kappa shape index (κ1) is 24.5. The highest BCUT2D eigenvalue weighted by atomic mass is 35.6. The fourth-order valence-electron chi connectivity index (χ4n) is 3.51. The summed E-state index contributed by atoms with van der Waals surface area (Å²) in [6.45, 7) is 2.45. The highest BCUT2D eigenvalue weighted by Crippen LogP contribution is 2.38. The van der Waals surface area contributed by atoms with Gasteiger partial charge in [0.05, 0.1) is 6.54 Å². The second-order valence-electron chi connectivity index (χ2n) is 7.49. The molecule has 0 fully saturated rings. The molecule has 0 saturated heterocycles. The molecule has 0 atom stereocenters. The fraction of sp³-hybridized carbons (Fsp3) is 0.217. The number of rotatable bonds is 6. The highest BCUT2D eigenvalue weighted by molar-refractivity contribution is 6.66. The Bertz CT molecular complexity index is 1440. The van der Waals surface area contributed by atoms with Gasteiger partial charge in [-0.05, 0) is 23.1 Å². The summed E-state index contributed by atoms with van der Waals surface area (Å²) in [5.41, 5.74) is 2.43. The van der Waals surface area contributed by atoms with Gasteiger partial charge in [-0.2, -0.15) is 4.98 Å². The van der Waals surface area contributed by atoms with E-state index in [2.05, 4.69) is 10.1 Å². The Morgan fingerprint density at radius 1 is 0.971 bits per heavy atom. The lowest BCUT2D eigenvalue weighted by Gasteiger charge is -2.12. The Balaban J connectivity index is 1.66. The van der Waals surface area contributed by atoms with Crippen LogP contribution in [0.25, 0.3) is 22.5 Å². The van der Waals surface area contributed by atoms with Crippen molar-refractivity contribution < 1.29 is 4.52 Å². The molecule has 34 heavy (non-hydrogen) atoms. The second-order valence-corrected chi connectivity index (χ2v) is 10.2. The molecule has 2 aromatic heterocycles. The van der Waals surface area contributed by atoms with E-state index in [0.29, 0.717) is 18.5 Å². The molecule has 0 N–H and O–H groups in total. The van der Waals surface area contributed by atoms with E-state index in [0.717, 1.165) is 16.7 Å². The molecule has 0 aliphatic heterocycles. The number of aromatic nitrogens is 4. The predicted octanol–water partition coefficient (Wildman–Crippen LogP) is 5.67. The zero-order chi connectivity index (χ0) is 24.5. The van der Waals surface area contributed by atoms with Crippen molar-refractivity contribution >= 4 is 46.4 Å². The molecule has 0 spiro atoms. The first-order valence-electron chi connectivity index (χ1n) is 10.3. The van der Waals surface area contributed by atoms with Gasteiger partial charge in [0.2, 0.25) is 5.82 Å². The van der Waals surface area contributed by atoms with Crippen molar-refractivity contribution in [2.24, 2.45) is 0 Å². The molecule has 176 valence electrons. The number of halogens is 4. The topological polar surface area (TPSA) is 82.9 Å². The summed E-state index contributed by atoms with van der Waals surface area (Å²) in [5.74, 6) is 0.168. The summed E-state index contributed by atoms with van der Waals surface area (Å²) >= 11 is 23.7. The van der Waals surface area contributed by atoms with E-state index in [-0.39, 0.29) is 23.4 Å². The zero-order valence-electron chi connectivity index (χ0n) is 17.8. The maximum absolute atomic E-state index is 12.8. The third-order valence-electron chi connectivity index (χ3n) is 5.12. The van der Waals surface area contributed by atoms with Crippen LogP contribution in [0.2, 0.25) is 5.15 Å². The van der Waals surface area contributed by atoms with Gasteiger partial charge in [0.25, 0.3) is 15.2 Å². The lowest BCUT2D eigenvalue weighted by Crippen LogP contribution is -2.39. The van der Waals surface area contributed by atoms with Gasteiger partial charge in [0, 0.05) is 18.2 Å². The molecule has 0 aliphatic rings. The van der Waals surface area contributed by atoms with E-state index >= 15 is 0 Å². The molecule has 0 aliphatic carbocycles. The second kappa shape index (κ2) is 9.96. The van der Waals surface area contributed by atoms with Gasteiger partial charge in [-0.1, -0.05) is 107 Å². The van der Waals surface area contributed by atoms with Crippen LogP contribution in [0.15, 0.2) is 68.7 Å². The molecule has 11 heteroatoms. The molecule has 0 radical (unpaired) electrons. The van der Waals surface area contributed by atoms with Crippen molar-refractivity contribution in [2.45, 2.75) is 30.2 Å². The van der Waals surface area contributed by atoms with Crippen molar-refractivity contribution in [3.05, 3.63) is 92.0 Å². The third kappa shape index (κ3) is 5.08. The van der Waals surface area contributed by atoms with Crippen LogP contribution in [-0.4, -0.2) is 19.3 Å². The maximum Gasteiger partial charge on any atom is 0.332 e. The third-order valence-corrected chi connectivity index (χ3v) is 5.92. The van der Waals surface area contributed by atoms with E-state index < -0.39 is 15.0 Å². The lowest BCUT2D eigenvalue weighted by molar-refractivity contribution is 0.383. The number of hydrogen-bond acceptors (Lipinski definition) is 5. The number of alkyl halides is 3. The molecular weight excluding hydrogens is 522 g/mol. The van der Waals surface area contributed by atoms with E-state index in [9.17, 15) is 9.59 Å². The van der Waals surface area contributed by atoms with Crippen molar-refractivity contribution in [3.63, 3.8) is 0 Å². The van der Waals surface area contributed by atoms with Crippen LogP contribution in [0.1, 0.15) is 24.8 Å². The smallest absolute Gasteiger partial charge is 0.332 e. The minimum Gasteiger partial charge on any atom is -0.334 e. The Labute approximate surface area is 214 Å². The summed E-state index contributed by atoms with van der Waals surface area (Å²) in [6, 6.07) is 16.3. The van der Waals surface area contributed by atoms with Gasteiger partial charge in [-0.3, -0.25) is 13.9 Å². The fourth-order valence-corrected chi connectivity index (χ4v) is 3.97. The Kier molecular flexibility index (Phi) is 7.19. The number of benzene rings is 2. The van der Waals surface area contributed by atoms with Gasteiger partial charge >= 0.3 is 5.69 Å². The van der Waals surface area contributed by atoms with Crippen LogP contribution in [0.5, 0.6) is 0 Å². The summed E-state index contributed by atoms with van der Waals surface area (Å²) in [6.07, 6.45) is 0.661. The lowest BCUT2D eigenvalue weighted by atomic mass is 9.98. The molecule has 0 amide bonds. The van der Waals surface area contributed by atoms with Crippen LogP contribution >= 0.6 is 46.4 Å². The molecule has 2 heterocycles. The van der Waals surface area contributed by atoms with Crippen LogP contribution in [-0.2, 0) is 16.9 Å². The standard InChI is InChI=1S/C23H18Cl4N4O3/c1-2-11-30-19(32)12-18(24)31(22(30)33)13-14-7-9-15(10-8-14)16-5-3-4-6-17(16)20-28-21(34-29-20)23(25,26)27/h3-10,12H,2,11,13H2,1H3. The average Bonchev–Trinajstić information content (AvgIpc) is 3.31. The van der Waals surface area contributed by atoms with Crippen LogP contribution in [0, 0.1) is 0 Å². The summed E-state index contributed by atoms with van der Waals surface area (Å²) in [5, 5.41) is 4.04. The predicted molar refractivity (Wildman–Crippen MR) is 134 cm³/mol. The normalized spacial score (nSPS) is 11.7. The van der Waals surface area contributed by atoms with E-state index in [1.807, 2.05) is 55.5 Å². The molecule has 0 unspecified atom stereocenters. The molecule has 2 aromatic carbocycles. The maximum atomic E-state index is 12.8. The van der Waals surface area contributed by atoms with Gasteiger partial charge in [0.1, 0.15) is 5.15 Å². The number of nitrogens with zero attached hydrogens (tertiary/aromatic N) is 4. The van der Waals surface area contributed by atoms with Crippen molar-refractivity contribution in [3.8, 4) is 22.5 Å². The van der Waals surface area contributed by atoms with Gasteiger partial charge in [0.15, 0.2) is 0 Å². The van der Waals surface area contributed by atoms with Crippen LogP contribution in [0.4, 0.5) is 0 Å². The average molecular weight is 540 g/mol. The minimum absolute atomic E-state index is 0.0960. The first-order chi connectivity index (χ1) is 16.2. The molecule has 4 aromatic rings. The van der Waals surface area contributed by atoms with Gasteiger partial charge in [-0.25, -0.2) is 4.79 Å². The zero-order valence-corrected chi connectivity index (χ0v) is 20.9. The quantitative estimate of drug-likeness (QED) is 0.233. The van der Waals surface area contributed by atoms with Gasteiger partial charge < -0.3 is 4.52 Å². The molecule has 7 nitrogen and oxygen atoms in total. The molecule has 0 bridgehead atoms. The summed E-state index contributed by atoms with van der Waals surface area (Å²) < 4.78 is 5.83. The first-order valence-corrected chi connectivity index (χ1v) is 11.8. The van der Waals surface area contributed by atoms with Gasteiger partial charge in [-0.15, -0.1) is 0 Å². The van der Waals surface area contributed by atoms with E-state index in [1.165, 1.54) is 15.2 Å². The Morgan fingerprint density at radius 3 is 2.26 bits per heavy atom. The van der Waals surface area contributed by atoms with Crippen molar-refractivity contribution in [1.82, 2.24) is 19.3 Å². The molecule has 4 rings (SSSR count). The SMILES string of the molecule is CCCn1c(=O)cc(Cl)n(Cc2ccc(-c3ccccc3-c3noc(C(Cl)(Cl)Cl)n3)cc2)c1=O. The highest BCUT2D eigenvalue weighted by Gasteiger charge is 2.31. The summed E-state index contributed by atoms with van der Waals surface area (Å²) in [4.78, 5) is 29.1. The summed E-state index contributed by atoms with van der Waals surface area (Å²) in [7, 11) is 0. The largest absolute Gasteiger partial charge is 0.334 e.